The molecule has 0 saturated heterocycles. The minimum atomic E-state index is -0.711. The molecule has 2 N–H and O–H groups in total. The van der Waals surface area contributed by atoms with Gasteiger partial charge in [0.25, 0.3) is 0 Å². The molecule has 1 aromatic carbocycles. The number of rotatable bonds is 5. The molecule has 0 radical (unpaired) electrons. The van der Waals surface area contributed by atoms with E-state index in [-0.39, 0.29) is 17.9 Å². The monoisotopic (exact) mass is 425 g/mol. The number of pyridine rings is 1. The summed E-state index contributed by atoms with van der Waals surface area (Å²) in [5.74, 6) is 0.612. The van der Waals surface area contributed by atoms with Crippen LogP contribution in [0.2, 0.25) is 0 Å². The van der Waals surface area contributed by atoms with Gasteiger partial charge in [0, 0.05) is 35.3 Å². The van der Waals surface area contributed by atoms with E-state index >= 15 is 0 Å². The molecular weight excluding hydrogens is 394 g/mol. The van der Waals surface area contributed by atoms with E-state index in [9.17, 15) is 9.59 Å². The van der Waals surface area contributed by atoms with Crippen molar-refractivity contribution >= 4 is 17.7 Å². The summed E-state index contributed by atoms with van der Waals surface area (Å²) in [4.78, 5) is 29.3. The number of amides is 2. The molecule has 2 heterocycles. The highest BCUT2D eigenvalue weighted by Gasteiger charge is 2.27. The minimum Gasteiger partial charge on any atom is -0.485 e. The number of anilines is 1. The van der Waals surface area contributed by atoms with Crippen molar-refractivity contribution in [2.45, 2.75) is 65.7 Å². The molecular formula is C24H31N3O4. The summed E-state index contributed by atoms with van der Waals surface area (Å²) >= 11 is 0. The second kappa shape index (κ2) is 8.96. The number of carbonyl (C=O) groups is 2. The molecule has 3 rings (SSSR count). The highest BCUT2D eigenvalue weighted by molar-refractivity contribution is 5.97. The highest BCUT2D eigenvalue weighted by Crippen LogP contribution is 2.42. The van der Waals surface area contributed by atoms with Crippen molar-refractivity contribution in [2.24, 2.45) is 5.92 Å². The molecule has 2 amide bonds. The van der Waals surface area contributed by atoms with Gasteiger partial charge in [-0.15, -0.1) is 0 Å². The van der Waals surface area contributed by atoms with E-state index < -0.39 is 17.7 Å². The van der Waals surface area contributed by atoms with Crippen molar-refractivity contribution in [3.63, 3.8) is 0 Å². The number of alkyl carbamates (subject to hydrolysis) is 1. The number of carbonyl (C=O) groups excluding carboxylic acids is 2. The first-order valence-electron chi connectivity index (χ1n) is 10.6. The molecule has 1 aromatic heterocycles. The Morgan fingerprint density at radius 2 is 1.94 bits per heavy atom. The van der Waals surface area contributed by atoms with Crippen molar-refractivity contribution < 1.29 is 19.1 Å². The number of fused-ring (bicyclic) bond motifs is 3. The molecule has 7 nitrogen and oxygen atoms in total. The summed E-state index contributed by atoms with van der Waals surface area (Å²) < 4.78 is 11.4. The van der Waals surface area contributed by atoms with Gasteiger partial charge in [-0.05, 0) is 63.8 Å². The lowest BCUT2D eigenvalue weighted by atomic mass is 9.95. The van der Waals surface area contributed by atoms with Crippen LogP contribution in [0.15, 0.2) is 36.7 Å². The molecule has 7 heteroatoms. The van der Waals surface area contributed by atoms with Gasteiger partial charge in [0.15, 0.2) is 0 Å². The SMILES string of the molecule is CC(C)C[C@H](NC(=O)OC(C)(C)C)C(=O)Nc1ccc2c(c1)OC(C)c1cnccc1-2. The van der Waals surface area contributed by atoms with Crippen LogP contribution in [0.1, 0.15) is 59.6 Å². The van der Waals surface area contributed by atoms with Crippen LogP contribution in [0, 0.1) is 5.92 Å². The second-order valence-electron chi connectivity index (χ2n) is 9.25. The Labute approximate surface area is 183 Å². The third-order valence-corrected chi connectivity index (χ3v) is 4.85. The number of nitrogens with one attached hydrogen (secondary N) is 2. The van der Waals surface area contributed by atoms with Crippen LogP contribution < -0.4 is 15.4 Å². The summed E-state index contributed by atoms with van der Waals surface area (Å²) in [6.07, 6.45) is 3.32. The number of benzene rings is 1. The van der Waals surface area contributed by atoms with Crippen molar-refractivity contribution in [3.8, 4) is 16.9 Å². The zero-order valence-electron chi connectivity index (χ0n) is 19.0. The molecule has 31 heavy (non-hydrogen) atoms. The maximum atomic E-state index is 12.9. The predicted molar refractivity (Wildman–Crippen MR) is 120 cm³/mol. The normalized spacial score (nSPS) is 15.9. The van der Waals surface area contributed by atoms with Gasteiger partial charge < -0.3 is 20.1 Å². The summed E-state index contributed by atoms with van der Waals surface area (Å²) in [5.41, 5.74) is 3.03. The molecule has 1 unspecified atom stereocenters. The van der Waals surface area contributed by atoms with Crippen molar-refractivity contribution in [3.05, 3.63) is 42.2 Å². The van der Waals surface area contributed by atoms with Gasteiger partial charge >= 0.3 is 6.09 Å². The number of nitrogens with zero attached hydrogens (tertiary/aromatic N) is 1. The fourth-order valence-electron chi connectivity index (χ4n) is 3.53. The Morgan fingerprint density at radius 1 is 1.19 bits per heavy atom. The van der Waals surface area contributed by atoms with Gasteiger partial charge in [-0.25, -0.2) is 4.79 Å². The first-order valence-corrected chi connectivity index (χ1v) is 10.6. The summed E-state index contributed by atoms with van der Waals surface area (Å²) in [7, 11) is 0. The van der Waals surface area contributed by atoms with Gasteiger partial charge in [0.1, 0.15) is 23.5 Å². The fourth-order valence-corrected chi connectivity index (χ4v) is 3.53. The molecule has 2 atom stereocenters. The molecule has 0 bridgehead atoms. The van der Waals surface area contributed by atoms with Crippen LogP contribution in [-0.2, 0) is 9.53 Å². The average molecular weight is 426 g/mol. The molecule has 0 saturated carbocycles. The smallest absolute Gasteiger partial charge is 0.408 e. The molecule has 166 valence electrons. The van der Waals surface area contributed by atoms with Gasteiger partial charge in [-0.1, -0.05) is 13.8 Å². The van der Waals surface area contributed by atoms with Crippen molar-refractivity contribution in [1.29, 1.82) is 0 Å². The van der Waals surface area contributed by atoms with E-state index in [0.717, 1.165) is 16.7 Å². The zero-order chi connectivity index (χ0) is 22.8. The van der Waals surface area contributed by atoms with E-state index in [1.807, 2.05) is 51.2 Å². The third-order valence-electron chi connectivity index (χ3n) is 4.85. The second-order valence-corrected chi connectivity index (χ2v) is 9.25. The number of hydrogen-bond acceptors (Lipinski definition) is 5. The number of aromatic nitrogens is 1. The lowest BCUT2D eigenvalue weighted by molar-refractivity contribution is -0.118. The van der Waals surface area contributed by atoms with Crippen molar-refractivity contribution in [2.75, 3.05) is 5.32 Å². The van der Waals surface area contributed by atoms with Crippen LogP contribution in [0.3, 0.4) is 0 Å². The quantitative estimate of drug-likeness (QED) is 0.697. The van der Waals surface area contributed by atoms with Crippen LogP contribution in [0.4, 0.5) is 10.5 Å². The minimum absolute atomic E-state index is 0.135. The Hall–Kier alpha value is -3.09. The molecule has 0 aliphatic carbocycles. The van der Waals surface area contributed by atoms with Crippen LogP contribution in [0.5, 0.6) is 5.75 Å². The molecule has 1 aliphatic rings. The molecule has 1 aliphatic heterocycles. The summed E-state index contributed by atoms with van der Waals surface area (Å²) in [6, 6.07) is 6.83. The maximum Gasteiger partial charge on any atom is 0.408 e. The Morgan fingerprint density at radius 3 is 2.61 bits per heavy atom. The lowest BCUT2D eigenvalue weighted by Crippen LogP contribution is -2.46. The third kappa shape index (κ3) is 5.75. The predicted octanol–water partition coefficient (Wildman–Crippen LogP) is 5.08. The Bertz CT molecular complexity index is 966. The topological polar surface area (TPSA) is 89.5 Å². The molecule has 2 aromatic rings. The van der Waals surface area contributed by atoms with Crippen LogP contribution in [-0.4, -0.2) is 28.6 Å². The van der Waals surface area contributed by atoms with Gasteiger partial charge in [0.2, 0.25) is 5.91 Å². The van der Waals surface area contributed by atoms with Gasteiger partial charge in [-0.3, -0.25) is 9.78 Å². The Kier molecular flexibility index (Phi) is 6.53. The van der Waals surface area contributed by atoms with Crippen LogP contribution >= 0.6 is 0 Å². The summed E-state index contributed by atoms with van der Waals surface area (Å²) in [5, 5.41) is 5.60. The maximum absolute atomic E-state index is 12.9. The van der Waals surface area contributed by atoms with Gasteiger partial charge in [-0.2, -0.15) is 0 Å². The number of ether oxygens (including phenoxy) is 2. The number of hydrogen-bond donors (Lipinski definition) is 2. The van der Waals surface area contributed by atoms with E-state index in [0.29, 0.717) is 17.9 Å². The van der Waals surface area contributed by atoms with E-state index in [2.05, 4.69) is 15.6 Å². The summed E-state index contributed by atoms with van der Waals surface area (Å²) in [6.45, 7) is 11.3. The zero-order valence-corrected chi connectivity index (χ0v) is 19.0. The van der Waals surface area contributed by atoms with Crippen LogP contribution in [0.25, 0.3) is 11.1 Å². The van der Waals surface area contributed by atoms with E-state index in [1.165, 1.54) is 0 Å². The van der Waals surface area contributed by atoms with E-state index in [4.69, 9.17) is 9.47 Å². The largest absolute Gasteiger partial charge is 0.485 e. The molecule has 0 fully saturated rings. The fraction of sp³-hybridized carbons (Fsp3) is 0.458. The highest BCUT2D eigenvalue weighted by atomic mass is 16.6. The lowest BCUT2D eigenvalue weighted by Gasteiger charge is -2.27. The van der Waals surface area contributed by atoms with Gasteiger partial charge in [0.05, 0.1) is 0 Å². The molecule has 0 spiro atoms. The standard InChI is InChI=1S/C24H31N3O4/c1-14(2)11-20(27-23(29)31-24(4,5)6)22(28)26-16-7-8-18-17-9-10-25-13-19(17)15(3)30-21(18)12-16/h7-10,12-15,20H,11H2,1-6H3,(H,26,28)(H,27,29)/t15?,20-/m0/s1. The first-order chi connectivity index (χ1) is 14.5. The average Bonchev–Trinajstić information content (AvgIpc) is 2.65. The Balaban J connectivity index is 1.77. The van der Waals surface area contributed by atoms with E-state index in [1.54, 1.807) is 27.0 Å². The van der Waals surface area contributed by atoms with Crippen molar-refractivity contribution in [1.82, 2.24) is 10.3 Å². The first kappa shape index (κ1) is 22.6.